The van der Waals surface area contributed by atoms with Crippen molar-refractivity contribution in [3.8, 4) is 0 Å². The Morgan fingerprint density at radius 1 is 1.43 bits per heavy atom. The quantitative estimate of drug-likeness (QED) is 0.601. The van der Waals surface area contributed by atoms with Gasteiger partial charge in [0.25, 0.3) is 0 Å². The van der Waals surface area contributed by atoms with Gasteiger partial charge in [-0.25, -0.2) is 4.79 Å². The number of nitrogens with one attached hydrogen (secondary N) is 1. The molecule has 2 N–H and O–H groups in total. The van der Waals surface area contributed by atoms with Gasteiger partial charge in [0.1, 0.15) is 12.3 Å². The smallest absolute Gasteiger partial charge is 0.326 e. The molecule has 14 heavy (non-hydrogen) atoms. The number of aliphatic carboxylic acids is 1. The molecule has 0 saturated heterocycles. The highest BCUT2D eigenvalue weighted by molar-refractivity contribution is 5.84. The summed E-state index contributed by atoms with van der Waals surface area (Å²) in [6.45, 7) is 3.41. The van der Waals surface area contributed by atoms with Gasteiger partial charge in [-0.05, 0) is 5.92 Å². The number of aldehydes is 1. The standard InChI is InChI=1S/C9H15NO4/c1-6(2)8(9(13)14)10-7(12)4-3-5-11/h5-6,8H,3-4H2,1-2H3,(H,10,12)(H,13,14). The van der Waals surface area contributed by atoms with Crippen LogP contribution >= 0.6 is 0 Å². The molecule has 0 aliphatic carbocycles. The molecule has 0 spiro atoms. The van der Waals surface area contributed by atoms with E-state index in [1.54, 1.807) is 13.8 Å². The summed E-state index contributed by atoms with van der Waals surface area (Å²) >= 11 is 0. The Bertz CT molecular complexity index is 225. The summed E-state index contributed by atoms with van der Waals surface area (Å²) < 4.78 is 0. The normalized spacial score (nSPS) is 12.2. The second-order valence-corrected chi connectivity index (χ2v) is 3.33. The van der Waals surface area contributed by atoms with E-state index in [1.807, 2.05) is 0 Å². The molecule has 0 saturated carbocycles. The van der Waals surface area contributed by atoms with Gasteiger partial charge in [0.15, 0.2) is 0 Å². The van der Waals surface area contributed by atoms with Crippen LogP contribution in [-0.4, -0.2) is 29.3 Å². The average molecular weight is 201 g/mol. The Labute approximate surface area is 82.5 Å². The zero-order chi connectivity index (χ0) is 11.1. The molecule has 0 aromatic rings. The first-order valence-electron chi connectivity index (χ1n) is 4.44. The molecule has 0 fully saturated rings. The fraction of sp³-hybridized carbons (Fsp3) is 0.667. The number of carbonyl (C=O) groups excluding carboxylic acids is 2. The van der Waals surface area contributed by atoms with Crippen LogP contribution in [0.4, 0.5) is 0 Å². The number of hydrogen-bond acceptors (Lipinski definition) is 3. The van der Waals surface area contributed by atoms with Gasteiger partial charge in [-0.3, -0.25) is 4.79 Å². The molecule has 0 aliphatic heterocycles. The lowest BCUT2D eigenvalue weighted by atomic mass is 10.0. The highest BCUT2D eigenvalue weighted by Crippen LogP contribution is 2.02. The van der Waals surface area contributed by atoms with Gasteiger partial charge in [0.2, 0.25) is 5.91 Å². The summed E-state index contributed by atoms with van der Waals surface area (Å²) in [4.78, 5) is 31.7. The second-order valence-electron chi connectivity index (χ2n) is 3.33. The van der Waals surface area contributed by atoms with Crippen LogP contribution in [0, 0.1) is 5.92 Å². The SMILES string of the molecule is CC(C)C(NC(=O)CCC=O)C(=O)O. The lowest BCUT2D eigenvalue weighted by Gasteiger charge is -2.17. The van der Waals surface area contributed by atoms with Crippen molar-refractivity contribution in [1.29, 1.82) is 0 Å². The molecular weight excluding hydrogens is 186 g/mol. The van der Waals surface area contributed by atoms with Gasteiger partial charge < -0.3 is 15.2 Å². The third kappa shape index (κ3) is 4.59. The van der Waals surface area contributed by atoms with Gasteiger partial charge in [0.05, 0.1) is 0 Å². The zero-order valence-electron chi connectivity index (χ0n) is 8.32. The van der Waals surface area contributed by atoms with E-state index in [2.05, 4.69) is 5.32 Å². The summed E-state index contributed by atoms with van der Waals surface area (Å²) in [6, 6.07) is -0.880. The number of amides is 1. The molecule has 1 atom stereocenters. The van der Waals surface area contributed by atoms with E-state index in [0.29, 0.717) is 6.29 Å². The van der Waals surface area contributed by atoms with Crippen LogP contribution in [0.1, 0.15) is 26.7 Å². The van der Waals surface area contributed by atoms with E-state index in [-0.39, 0.29) is 18.8 Å². The molecule has 0 radical (unpaired) electrons. The van der Waals surface area contributed by atoms with Crippen molar-refractivity contribution in [1.82, 2.24) is 5.32 Å². The lowest BCUT2D eigenvalue weighted by Crippen LogP contribution is -2.44. The van der Waals surface area contributed by atoms with Gasteiger partial charge >= 0.3 is 5.97 Å². The van der Waals surface area contributed by atoms with Crippen LogP contribution in [0.3, 0.4) is 0 Å². The summed E-state index contributed by atoms with van der Waals surface area (Å²) in [7, 11) is 0. The first kappa shape index (κ1) is 12.6. The van der Waals surface area contributed by atoms with Crippen LogP contribution < -0.4 is 5.32 Å². The molecule has 80 valence electrons. The lowest BCUT2D eigenvalue weighted by molar-refractivity contribution is -0.143. The maximum Gasteiger partial charge on any atom is 0.326 e. The maximum atomic E-state index is 11.1. The molecule has 5 nitrogen and oxygen atoms in total. The fourth-order valence-corrected chi connectivity index (χ4v) is 0.949. The average Bonchev–Trinajstić information content (AvgIpc) is 2.09. The van der Waals surface area contributed by atoms with E-state index in [0.717, 1.165) is 0 Å². The van der Waals surface area contributed by atoms with E-state index in [1.165, 1.54) is 0 Å². The fourth-order valence-electron chi connectivity index (χ4n) is 0.949. The van der Waals surface area contributed by atoms with Gasteiger partial charge in [0, 0.05) is 12.8 Å². The van der Waals surface area contributed by atoms with E-state index < -0.39 is 17.9 Å². The third-order valence-electron chi connectivity index (χ3n) is 1.74. The second kappa shape index (κ2) is 6.12. The number of rotatable bonds is 6. The molecule has 0 aromatic carbocycles. The van der Waals surface area contributed by atoms with Crippen LogP contribution in [-0.2, 0) is 14.4 Å². The molecule has 0 rings (SSSR count). The Hall–Kier alpha value is -1.39. The molecule has 1 amide bonds. The molecule has 0 aromatic heterocycles. The predicted octanol–water partition coefficient (Wildman–Crippen LogP) is 0.191. The van der Waals surface area contributed by atoms with Crippen LogP contribution in [0.2, 0.25) is 0 Å². The van der Waals surface area contributed by atoms with Crippen LogP contribution in [0.5, 0.6) is 0 Å². The Kier molecular flexibility index (Phi) is 5.52. The van der Waals surface area contributed by atoms with E-state index in [4.69, 9.17) is 5.11 Å². The van der Waals surface area contributed by atoms with Crippen molar-refractivity contribution < 1.29 is 19.5 Å². The summed E-state index contributed by atoms with van der Waals surface area (Å²) in [5.41, 5.74) is 0. The minimum absolute atomic E-state index is 0.0417. The van der Waals surface area contributed by atoms with Crippen LogP contribution in [0.25, 0.3) is 0 Å². The van der Waals surface area contributed by atoms with Crippen molar-refractivity contribution in [2.45, 2.75) is 32.7 Å². The molecular formula is C9H15NO4. The summed E-state index contributed by atoms with van der Waals surface area (Å²) in [6.07, 6.45) is 0.793. The van der Waals surface area contributed by atoms with Crippen molar-refractivity contribution in [2.24, 2.45) is 5.92 Å². The van der Waals surface area contributed by atoms with Gasteiger partial charge in [-0.15, -0.1) is 0 Å². The minimum atomic E-state index is -1.06. The molecule has 1 unspecified atom stereocenters. The first-order valence-corrected chi connectivity index (χ1v) is 4.44. The first-order chi connectivity index (χ1) is 6.49. The maximum absolute atomic E-state index is 11.1. The van der Waals surface area contributed by atoms with E-state index in [9.17, 15) is 14.4 Å². The zero-order valence-corrected chi connectivity index (χ0v) is 8.32. The summed E-state index contributed by atoms with van der Waals surface area (Å²) in [5.74, 6) is -1.63. The Morgan fingerprint density at radius 3 is 2.36 bits per heavy atom. The molecule has 5 heteroatoms. The minimum Gasteiger partial charge on any atom is -0.480 e. The van der Waals surface area contributed by atoms with Gasteiger partial charge in [-0.1, -0.05) is 13.8 Å². The number of hydrogen-bond donors (Lipinski definition) is 2. The van der Waals surface area contributed by atoms with Crippen molar-refractivity contribution >= 4 is 18.2 Å². The molecule has 0 bridgehead atoms. The Morgan fingerprint density at radius 2 is 2.00 bits per heavy atom. The number of carboxylic acids is 1. The van der Waals surface area contributed by atoms with Crippen molar-refractivity contribution in [3.63, 3.8) is 0 Å². The van der Waals surface area contributed by atoms with Crippen LogP contribution in [0.15, 0.2) is 0 Å². The topological polar surface area (TPSA) is 83.5 Å². The van der Waals surface area contributed by atoms with Gasteiger partial charge in [-0.2, -0.15) is 0 Å². The largest absolute Gasteiger partial charge is 0.480 e. The monoisotopic (exact) mass is 201 g/mol. The molecule has 0 aliphatic rings. The Balaban J connectivity index is 4.09. The highest BCUT2D eigenvalue weighted by atomic mass is 16.4. The molecule has 0 heterocycles. The number of carboxylic acid groups (broad SMARTS) is 1. The number of carbonyl (C=O) groups is 3. The highest BCUT2D eigenvalue weighted by Gasteiger charge is 2.22. The predicted molar refractivity (Wildman–Crippen MR) is 49.7 cm³/mol. The van der Waals surface area contributed by atoms with Crippen molar-refractivity contribution in [2.75, 3.05) is 0 Å². The van der Waals surface area contributed by atoms with Crippen molar-refractivity contribution in [3.05, 3.63) is 0 Å². The van der Waals surface area contributed by atoms with E-state index >= 15 is 0 Å². The third-order valence-corrected chi connectivity index (χ3v) is 1.74. The summed E-state index contributed by atoms with van der Waals surface area (Å²) in [5, 5.41) is 11.1.